The molecule has 1 aliphatic rings. The molecule has 0 bridgehead atoms. The zero-order chi connectivity index (χ0) is 24.2. The van der Waals surface area contributed by atoms with Gasteiger partial charge >= 0.3 is 0 Å². The zero-order valence-electron chi connectivity index (χ0n) is 18.4. The maximum Gasteiger partial charge on any atom is 0.264 e. The van der Waals surface area contributed by atoms with Crippen LogP contribution < -0.4 is 10.2 Å². The molecule has 1 aromatic heterocycles. The van der Waals surface area contributed by atoms with Crippen LogP contribution in [0.25, 0.3) is 0 Å². The summed E-state index contributed by atoms with van der Waals surface area (Å²) in [6.45, 7) is 1.66. The fourth-order valence-corrected chi connectivity index (χ4v) is 4.80. The van der Waals surface area contributed by atoms with Crippen LogP contribution in [-0.2, 0) is 20.8 Å². The van der Waals surface area contributed by atoms with Gasteiger partial charge in [0.1, 0.15) is 6.04 Å². The Kier molecular flexibility index (Phi) is 7.09. The number of nitrogens with zero attached hydrogens (tertiary/aromatic N) is 2. The number of hydrogen-bond acceptors (Lipinski definition) is 5. The van der Waals surface area contributed by atoms with Gasteiger partial charge in [-0.3, -0.25) is 19.2 Å². The molecule has 2 heterocycles. The highest BCUT2D eigenvalue weighted by Gasteiger charge is 2.44. The summed E-state index contributed by atoms with van der Waals surface area (Å²) in [6.07, 6.45) is 0.389. The number of carbonyl (C=O) groups excluding carboxylic acids is 4. The smallest absolute Gasteiger partial charge is 0.264 e. The van der Waals surface area contributed by atoms with Crippen LogP contribution >= 0.6 is 22.9 Å². The first kappa shape index (κ1) is 23.7. The summed E-state index contributed by atoms with van der Waals surface area (Å²) in [5.74, 6) is -1.34. The van der Waals surface area contributed by atoms with E-state index in [-0.39, 0.29) is 30.7 Å². The van der Waals surface area contributed by atoms with Gasteiger partial charge < -0.3 is 10.2 Å². The molecule has 1 fully saturated rings. The van der Waals surface area contributed by atoms with Crippen molar-refractivity contribution in [1.82, 2.24) is 4.90 Å². The summed E-state index contributed by atoms with van der Waals surface area (Å²) < 4.78 is 0. The van der Waals surface area contributed by atoms with E-state index in [9.17, 15) is 19.2 Å². The van der Waals surface area contributed by atoms with Gasteiger partial charge in [-0.2, -0.15) is 0 Å². The molecule has 1 saturated heterocycles. The van der Waals surface area contributed by atoms with Gasteiger partial charge in [0.05, 0.1) is 17.0 Å². The van der Waals surface area contributed by atoms with Crippen molar-refractivity contribution in [2.75, 3.05) is 16.8 Å². The Morgan fingerprint density at radius 1 is 1.12 bits per heavy atom. The first-order valence-corrected chi connectivity index (χ1v) is 11.9. The lowest BCUT2D eigenvalue weighted by Crippen LogP contribution is -2.46. The Labute approximate surface area is 205 Å². The normalized spacial score (nSPS) is 15.5. The van der Waals surface area contributed by atoms with Gasteiger partial charge in [-0.05, 0) is 59.8 Å². The number of nitrogens with one attached hydrogen (secondary N) is 1. The minimum Gasteiger partial charge on any atom is -0.326 e. The average Bonchev–Trinajstić information content (AvgIpc) is 3.43. The SMILES string of the molecule is CC(=O)Nc1ccc(N2C(=O)CC(N(CCc3cccc(Cl)c3)C(=O)c3cccs3)C2=O)cc1. The molecule has 0 spiro atoms. The quantitative estimate of drug-likeness (QED) is 0.493. The van der Waals surface area contributed by atoms with Crippen molar-refractivity contribution in [1.29, 1.82) is 0 Å². The third kappa shape index (κ3) is 5.18. The second kappa shape index (κ2) is 10.2. The van der Waals surface area contributed by atoms with Crippen molar-refractivity contribution < 1.29 is 19.2 Å². The van der Waals surface area contributed by atoms with Gasteiger partial charge in [0.2, 0.25) is 11.8 Å². The summed E-state index contributed by atoms with van der Waals surface area (Å²) in [6, 6.07) is 16.4. The number of carbonyl (C=O) groups is 4. The van der Waals surface area contributed by atoms with Crippen molar-refractivity contribution in [3.8, 4) is 0 Å². The molecule has 4 amide bonds. The van der Waals surface area contributed by atoms with Crippen molar-refractivity contribution in [3.63, 3.8) is 0 Å². The molecule has 0 saturated carbocycles. The molecule has 3 aromatic rings. The second-order valence-corrected chi connectivity index (χ2v) is 9.26. The molecule has 1 atom stereocenters. The highest BCUT2D eigenvalue weighted by molar-refractivity contribution is 7.12. The molecule has 1 N–H and O–H groups in total. The van der Waals surface area contributed by atoms with E-state index in [0.29, 0.717) is 27.7 Å². The Morgan fingerprint density at radius 2 is 1.88 bits per heavy atom. The van der Waals surface area contributed by atoms with Crippen molar-refractivity contribution in [3.05, 3.63) is 81.5 Å². The minimum atomic E-state index is -0.906. The Balaban J connectivity index is 1.58. The monoisotopic (exact) mass is 495 g/mol. The van der Waals surface area contributed by atoms with Gasteiger partial charge in [-0.1, -0.05) is 29.8 Å². The predicted octanol–water partition coefficient (Wildman–Crippen LogP) is 4.38. The second-order valence-electron chi connectivity index (χ2n) is 7.87. The van der Waals surface area contributed by atoms with E-state index in [1.54, 1.807) is 47.8 Å². The number of benzene rings is 2. The number of halogens is 1. The van der Waals surface area contributed by atoms with Crippen LogP contribution in [0.15, 0.2) is 66.0 Å². The van der Waals surface area contributed by atoms with Crippen LogP contribution in [0.1, 0.15) is 28.6 Å². The maximum absolute atomic E-state index is 13.4. The van der Waals surface area contributed by atoms with E-state index in [2.05, 4.69) is 5.32 Å². The molecular weight excluding hydrogens is 474 g/mol. The highest BCUT2D eigenvalue weighted by Crippen LogP contribution is 2.28. The Hall–Kier alpha value is -3.49. The molecule has 1 unspecified atom stereocenters. The molecule has 34 heavy (non-hydrogen) atoms. The molecular formula is C25H22ClN3O4S. The molecule has 0 radical (unpaired) electrons. The lowest BCUT2D eigenvalue weighted by atomic mass is 10.1. The maximum atomic E-state index is 13.4. The van der Waals surface area contributed by atoms with E-state index in [1.807, 2.05) is 18.2 Å². The van der Waals surface area contributed by atoms with E-state index in [4.69, 9.17) is 11.6 Å². The van der Waals surface area contributed by atoms with Crippen LogP contribution in [0.4, 0.5) is 11.4 Å². The average molecular weight is 496 g/mol. The molecule has 9 heteroatoms. The van der Waals surface area contributed by atoms with Gasteiger partial charge in [0, 0.05) is 24.2 Å². The van der Waals surface area contributed by atoms with Crippen LogP contribution in [-0.4, -0.2) is 41.1 Å². The number of hydrogen-bond donors (Lipinski definition) is 1. The number of amides is 4. The fourth-order valence-electron chi connectivity index (χ4n) is 3.91. The van der Waals surface area contributed by atoms with E-state index < -0.39 is 11.9 Å². The Bertz CT molecular complexity index is 1230. The van der Waals surface area contributed by atoms with E-state index in [0.717, 1.165) is 10.5 Å². The number of imide groups is 1. The van der Waals surface area contributed by atoms with Crippen LogP contribution in [0.5, 0.6) is 0 Å². The number of rotatable bonds is 7. The number of anilines is 2. The van der Waals surface area contributed by atoms with E-state index >= 15 is 0 Å². The van der Waals surface area contributed by atoms with Crippen LogP contribution in [0.2, 0.25) is 5.02 Å². The first-order chi connectivity index (χ1) is 16.3. The topological polar surface area (TPSA) is 86.8 Å². The first-order valence-electron chi connectivity index (χ1n) is 10.7. The molecule has 2 aromatic carbocycles. The fraction of sp³-hybridized carbons (Fsp3) is 0.200. The molecule has 1 aliphatic heterocycles. The van der Waals surface area contributed by atoms with Gasteiger partial charge in [0.15, 0.2) is 0 Å². The van der Waals surface area contributed by atoms with Gasteiger partial charge in [-0.15, -0.1) is 11.3 Å². The third-order valence-corrected chi connectivity index (χ3v) is 6.56. The van der Waals surface area contributed by atoms with Crippen molar-refractivity contribution in [2.45, 2.75) is 25.8 Å². The van der Waals surface area contributed by atoms with Crippen LogP contribution in [0.3, 0.4) is 0 Å². The van der Waals surface area contributed by atoms with E-state index in [1.165, 1.54) is 23.2 Å². The lowest BCUT2D eigenvalue weighted by molar-refractivity contribution is -0.122. The summed E-state index contributed by atoms with van der Waals surface area (Å²) in [5.41, 5.74) is 1.88. The molecule has 174 valence electrons. The number of thiophene rings is 1. The van der Waals surface area contributed by atoms with Crippen LogP contribution in [0, 0.1) is 0 Å². The largest absolute Gasteiger partial charge is 0.326 e. The molecule has 0 aliphatic carbocycles. The van der Waals surface area contributed by atoms with Gasteiger partial charge in [-0.25, -0.2) is 4.90 Å². The standard InChI is InChI=1S/C25H22ClN3O4S/c1-16(30)27-19-7-9-20(10-8-19)29-23(31)15-21(24(29)32)28(25(33)22-6-3-13-34-22)12-11-17-4-2-5-18(26)14-17/h2-10,13-14,21H,11-12,15H2,1H3,(H,27,30). The summed E-state index contributed by atoms with van der Waals surface area (Å²) in [5, 5.41) is 5.04. The molecule has 7 nitrogen and oxygen atoms in total. The summed E-state index contributed by atoms with van der Waals surface area (Å²) in [7, 11) is 0. The predicted molar refractivity (Wildman–Crippen MR) is 132 cm³/mol. The van der Waals surface area contributed by atoms with Crippen molar-refractivity contribution >= 4 is 57.9 Å². The molecule has 4 rings (SSSR count). The highest BCUT2D eigenvalue weighted by atomic mass is 35.5. The van der Waals surface area contributed by atoms with Crippen molar-refractivity contribution in [2.24, 2.45) is 0 Å². The lowest BCUT2D eigenvalue weighted by Gasteiger charge is -2.27. The Morgan fingerprint density at radius 3 is 2.53 bits per heavy atom. The third-order valence-electron chi connectivity index (χ3n) is 5.47. The summed E-state index contributed by atoms with van der Waals surface area (Å²) in [4.78, 5) is 53.9. The summed E-state index contributed by atoms with van der Waals surface area (Å²) >= 11 is 7.38. The minimum absolute atomic E-state index is 0.0983. The van der Waals surface area contributed by atoms with Gasteiger partial charge in [0.25, 0.3) is 11.8 Å². The zero-order valence-corrected chi connectivity index (χ0v) is 19.9.